The van der Waals surface area contributed by atoms with Gasteiger partial charge < -0.3 is 9.64 Å². The molecule has 2 aromatic carbocycles. The van der Waals surface area contributed by atoms with E-state index in [2.05, 4.69) is 4.98 Å². The Balaban J connectivity index is 1.81. The van der Waals surface area contributed by atoms with Gasteiger partial charge in [0.05, 0.1) is 29.4 Å². The summed E-state index contributed by atoms with van der Waals surface area (Å²) in [4.78, 5) is 20.1. The highest BCUT2D eigenvalue weighted by Crippen LogP contribution is 2.27. The minimum atomic E-state index is -0.0706. The third-order valence-electron chi connectivity index (χ3n) is 3.70. The number of fused-ring (bicyclic) bond motifs is 1. The molecule has 0 aliphatic carbocycles. The zero-order valence-corrected chi connectivity index (χ0v) is 15.4. The molecule has 0 bridgehead atoms. The van der Waals surface area contributed by atoms with Crippen molar-refractivity contribution in [2.45, 2.75) is 11.4 Å². The first-order chi connectivity index (χ1) is 11.6. The highest BCUT2D eigenvalue weighted by molar-refractivity contribution is 7.98. The van der Waals surface area contributed by atoms with E-state index < -0.39 is 0 Å². The van der Waals surface area contributed by atoms with Crippen LogP contribution in [-0.2, 0) is 6.54 Å². The predicted octanol–water partition coefficient (Wildman–Crippen LogP) is 4.30. The number of thiazole rings is 1. The molecule has 0 saturated heterocycles. The summed E-state index contributed by atoms with van der Waals surface area (Å²) in [5.74, 6) is 0.529. The Morgan fingerprint density at radius 1 is 1.29 bits per heavy atom. The Morgan fingerprint density at radius 2 is 2.08 bits per heavy atom. The van der Waals surface area contributed by atoms with Crippen LogP contribution in [0.2, 0.25) is 0 Å². The number of benzene rings is 2. The molecule has 0 aliphatic rings. The molecule has 0 saturated carbocycles. The van der Waals surface area contributed by atoms with Crippen molar-refractivity contribution >= 4 is 39.2 Å². The maximum Gasteiger partial charge on any atom is 0.257 e. The average molecular weight is 358 g/mol. The molecule has 0 radical (unpaired) electrons. The lowest BCUT2D eigenvalue weighted by Crippen LogP contribution is -2.26. The summed E-state index contributed by atoms with van der Waals surface area (Å²) in [5.41, 5.74) is 1.54. The number of carbonyl (C=O) groups excluding carboxylic acids is 1. The first-order valence-electron chi connectivity index (χ1n) is 7.44. The summed E-state index contributed by atoms with van der Waals surface area (Å²) < 4.78 is 6.52. The third kappa shape index (κ3) is 3.39. The van der Waals surface area contributed by atoms with Crippen LogP contribution >= 0.6 is 23.1 Å². The van der Waals surface area contributed by atoms with Crippen molar-refractivity contribution in [2.75, 3.05) is 20.4 Å². The Morgan fingerprint density at radius 3 is 2.79 bits per heavy atom. The van der Waals surface area contributed by atoms with E-state index in [9.17, 15) is 4.79 Å². The van der Waals surface area contributed by atoms with Crippen LogP contribution in [0.3, 0.4) is 0 Å². The monoisotopic (exact) mass is 358 g/mol. The zero-order valence-electron chi connectivity index (χ0n) is 13.8. The second-order valence-electron chi connectivity index (χ2n) is 5.30. The number of rotatable bonds is 5. The van der Waals surface area contributed by atoms with E-state index >= 15 is 0 Å². The van der Waals surface area contributed by atoms with Gasteiger partial charge in [-0.1, -0.05) is 12.1 Å². The van der Waals surface area contributed by atoms with Gasteiger partial charge >= 0.3 is 0 Å². The number of carbonyl (C=O) groups is 1. The number of ether oxygens (including phenoxy) is 1. The fourth-order valence-corrected chi connectivity index (χ4v) is 3.89. The van der Waals surface area contributed by atoms with Crippen LogP contribution in [0, 0.1) is 0 Å². The van der Waals surface area contributed by atoms with Gasteiger partial charge in [0.25, 0.3) is 5.91 Å². The van der Waals surface area contributed by atoms with Gasteiger partial charge in [-0.15, -0.1) is 23.1 Å². The Labute approximate surface area is 149 Å². The molecule has 1 amide bonds. The van der Waals surface area contributed by atoms with Crippen LogP contribution in [0.5, 0.6) is 5.75 Å². The van der Waals surface area contributed by atoms with Crippen LogP contribution in [0.15, 0.2) is 47.4 Å². The van der Waals surface area contributed by atoms with Crippen molar-refractivity contribution in [1.29, 1.82) is 0 Å². The molecule has 0 aliphatic heterocycles. The molecule has 1 heterocycles. The first kappa shape index (κ1) is 16.8. The van der Waals surface area contributed by atoms with Crippen LogP contribution in [0.1, 0.15) is 15.4 Å². The summed E-state index contributed by atoms with van der Waals surface area (Å²) in [6.45, 7) is 0.478. The molecule has 24 heavy (non-hydrogen) atoms. The number of amides is 1. The van der Waals surface area contributed by atoms with Gasteiger partial charge in [-0.05, 0) is 36.6 Å². The number of hydrogen-bond donors (Lipinski definition) is 0. The van der Waals surface area contributed by atoms with Crippen molar-refractivity contribution in [3.63, 3.8) is 0 Å². The van der Waals surface area contributed by atoms with E-state index in [1.165, 1.54) is 0 Å². The van der Waals surface area contributed by atoms with Crippen molar-refractivity contribution in [3.05, 3.63) is 53.0 Å². The first-order valence-corrected chi connectivity index (χ1v) is 9.48. The second-order valence-corrected chi connectivity index (χ2v) is 7.30. The van der Waals surface area contributed by atoms with E-state index in [-0.39, 0.29) is 5.91 Å². The minimum Gasteiger partial charge on any atom is -0.496 e. The summed E-state index contributed by atoms with van der Waals surface area (Å²) in [6.07, 6.45) is 2.00. The molecule has 3 rings (SSSR count). The Bertz CT molecular complexity index is 843. The zero-order chi connectivity index (χ0) is 17.1. The topological polar surface area (TPSA) is 42.4 Å². The Kier molecular flexibility index (Phi) is 5.06. The molecule has 0 atom stereocenters. The minimum absolute atomic E-state index is 0.0706. The predicted molar refractivity (Wildman–Crippen MR) is 100 cm³/mol. The molecule has 0 N–H and O–H groups in total. The van der Waals surface area contributed by atoms with E-state index in [0.29, 0.717) is 17.9 Å². The van der Waals surface area contributed by atoms with E-state index in [4.69, 9.17) is 4.74 Å². The number of hydrogen-bond acceptors (Lipinski definition) is 5. The summed E-state index contributed by atoms with van der Waals surface area (Å²) in [7, 11) is 3.38. The lowest BCUT2D eigenvalue weighted by Gasteiger charge is -2.17. The van der Waals surface area contributed by atoms with Gasteiger partial charge in [0.2, 0.25) is 0 Å². The standard InChI is InChI=1S/C18H18N2O2S2/c1-20(11-17-19-14-6-4-5-7-16(14)24-17)18(21)13-9-8-12(23-3)10-15(13)22-2/h4-10H,11H2,1-3H3. The maximum atomic E-state index is 12.8. The lowest BCUT2D eigenvalue weighted by molar-refractivity contribution is 0.0781. The summed E-state index contributed by atoms with van der Waals surface area (Å²) in [6, 6.07) is 13.7. The molecule has 3 aromatic rings. The normalized spacial score (nSPS) is 10.8. The number of thioether (sulfide) groups is 1. The van der Waals surface area contributed by atoms with Crippen molar-refractivity contribution in [1.82, 2.24) is 9.88 Å². The van der Waals surface area contributed by atoms with Gasteiger partial charge in [-0.3, -0.25) is 4.79 Å². The molecule has 6 heteroatoms. The van der Waals surface area contributed by atoms with E-state index in [1.807, 2.05) is 48.7 Å². The van der Waals surface area contributed by atoms with E-state index in [1.54, 1.807) is 42.2 Å². The van der Waals surface area contributed by atoms with E-state index in [0.717, 1.165) is 20.1 Å². The summed E-state index contributed by atoms with van der Waals surface area (Å²) in [5, 5.41) is 0.923. The Hall–Kier alpha value is -2.05. The van der Waals surface area contributed by atoms with Gasteiger partial charge in [0.15, 0.2) is 0 Å². The lowest BCUT2D eigenvalue weighted by atomic mass is 10.1. The van der Waals surface area contributed by atoms with Gasteiger partial charge in [0.1, 0.15) is 10.8 Å². The quantitative estimate of drug-likeness (QED) is 0.638. The van der Waals surface area contributed by atoms with Gasteiger partial charge in [0, 0.05) is 11.9 Å². The largest absolute Gasteiger partial charge is 0.496 e. The third-order valence-corrected chi connectivity index (χ3v) is 5.44. The van der Waals surface area contributed by atoms with Gasteiger partial charge in [-0.2, -0.15) is 0 Å². The van der Waals surface area contributed by atoms with Gasteiger partial charge in [-0.25, -0.2) is 4.98 Å². The SMILES string of the molecule is COc1cc(SC)ccc1C(=O)N(C)Cc1nc2ccccc2s1. The second kappa shape index (κ2) is 7.23. The van der Waals surface area contributed by atoms with Crippen LogP contribution < -0.4 is 4.74 Å². The average Bonchev–Trinajstić information content (AvgIpc) is 3.02. The number of para-hydroxylation sites is 1. The van der Waals surface area contributed by atoms with Crippen molar-refractivity contribution < 1.29 is 9.53 Å². The van der Waals surface area contributed by atoms with Crippen molar-refractivity contribution in [2.24, 2.45) is 0 Å². The number of methoxy groups -OCH3 is 1. The van der Waals surface area contributed by atoms with Crippen LogP contribution in [0.25, 0.3) is 10.2 Å². The molecule has 0 unspecified atom stereocenters. The smallest absolute Gasteiger partial charge is 0.257 e. The summed E-state index contributed by atoms with van der Waals surface area (Å²) >= 11 is 3.23. The molecule has 0 fully saturated rings. The molecule has 1 aromatic heterocycles. The molecular weight excluding hydrogens is 340 g/mol. The highest BCUT2D eigenvalue weighted by atomic mass is 32.2. The maximum absolute atomic E-state index is 12.8. The number of nitrogens with zero attached hydrogens (tertiary/aromatic N) is 2. The highest BCUT2D eigenvalue weighted by Gasteiger charge is 2.18. The molecule has 124 valence electrons. The van der Waals surface area contributed by atoms with Crippen LogP contribution in [0.4, 0.5) is 0 Å². The fourth-order valence-electron chi connectivity index (χ4n) is 2.44. The fraction of sp³-hybridized carbons (Fsp3) is 0.222. The van der Waals surface area contributed by atoms with Crippen molar-refractivity contribution in [3.8, 4) is 5.75 Å². The molecular formula is C18H18N2O2S2. The number of aromatic nitrogens is 1. The molecule has 4 nitrogen and oxygen atoms in total. The van der Waals surface area contributed by atoms with Crippen LogP contribution in [-0.4, -0.2) is 36.2 Å². The molecule has 0 spiro atoms.